The zero-order chi connectivity index (χ0) is 15.2. The van der Waals surface area contributed by atoms with E-state index in [1.165, 1.54) is 32.1 Å². The van der Waals surface area contributed by atoms with E-state index in [1.54, 1.807) is 0 Å². The molecule has 6 heteroatoms. The summed E-state index contributed by atoms with van der Waals surface area (Å²) in [6.07, 6.45) is 8.24. The van der Waals surface area contributed by atoms with E-state index in [0.717, 1.165) is 36.2 Å². The Morgan fingerprint density at radius 2 is 2.04 bits per heavy atom. The lowest BCUT2D eigenvalue weighted by Crippen LogP contribution is -2.41. The number of nitrogens with zero attached hydrogens (tertiary/aromatic N) is 2. The van der Waals surface area contributed by atoms with Crippen LogP contribution in [0.3, 0.4) is 0 Å². The number of nitrogens with one attached hydrogen (secondary N) is 2. The summed E-state index contributed by atoms with van der Waals surface area (Å²) in [7, 11) is 0. The molecule has 1 saturated carbocycles. The zero-order valence-electron chi connectivity index (χ0n) is 13.4. The Bertz CT molecular complexity index is 598. The Morgan fingerprint density at radius 3 is 2.83 bits per heavy atom. The standard InChI is InChI=1S/C17H25N5.HI/c18-17(20-13-7-2-1-3-8-13)19-12-6-11-16-21-14-9-4-5-10-15(14)22-16;/h4-5,9-10,13H,1-3,6-8,11-12H2,(H,21,22)(H3,18,19,20);1H. The van der Waals surface area contributed by atoms with Crippen LogP contribution < -0.4 is 11.1 Å². The SMILES string of the molecule is I.NC(=NCCCc1nc2ccccc2[nH]1)NC1CCCCC1. The molecule has 0 bridgehead atoms. The predicted molar refractivity (Wildman–Crippen MR) is 106 cm³/mol. The number of nitrogens with two attached hydrogens (primary N) is 1. The molecular formula is C17H26IN5. The van der Waals surface area contributed by atoms with Gasteiger partial charge in [-0.05, 0) is 31.4 Å². The molecule has 5 nitrogen and oxygen atoms in total. The summed E-state index contributed by atoms with van der Waals surface area (Å²) >= 11 is 0. The Balaban J connectivity index is 0.00000192. The normalized spacial score (nSPS) is 16.3. The van der Waals surface area contributed by atoms with Crippen molar-refractivity contribution in [1.82, 2.24) is 15.3 Å². The zero-order valence-corrected chi connectivity index (χ0v) is 15.8. The Hall–Kier alpha value is -1.31. The fourth-order valence-electron chi connectivity index (χ4n) is 3.07. The third kappa shape index (κ3) is 5.37. The number of aryl methyl sites for hydroxylation is 1. The highest BCUT2D eigenvalue weighted by molar-refractivity contribution is 14.0. The van der Waals surface area contributed by atoms with Gasteiger partial charge in [0.1, 0.15) is 5.82 Å². The van der Waals surface area contributed by atoms with Gasteiger partial charge in [-0.3, -0.25) is 4.99 Å². The van der Waals surface area contributed by atoms with E-state index in [-0.39, 0.29) is 24.0 Å². The van der Waals surface area contributed by atoms with E-state index in [4.69, 9.17) is 5.73 Å². The number of para-hydroxylation sites is 2. The van der Waals surface area contributed by atoms with Gasteiger partial charge < -0.3 is 16.0 Å². The van der Waals surface area contributed by atoms with Crippen LogP contribution in [0.15, 0.2) is 29.3 Å². The minimum absolute atomic E-state index is 0. The average Bonchev–Trinajstić information content (AvgIpc) is 2.95. The van der Waals surface area contributed by atoms with E-state index in [0.29, 0.717) is 12.0 Å². The van der Waals surface area contributed by atoms with Crippen molar-refractivity contribution in [3.8, 4) is 0 Å². The van der Waals surface area contributed by atoms with Crippen LogP contribution in [0.4, 0.5) is 0 Å². The van der Waals surface area contributed by atoms with Crippen molar-refractivity contribution >= 4 is 41.0 Å². The third-order valence-electron chi connectivity index (χ3n) is 4.25. The highest BCUT2D eigenvalue weighted by Crippen LogP contribution is 2.17. The summed E-state index contributed by atoms with van der Waals surface area (Å²) in [5, 5.41) is 3.34. The molecular weight excluding hydrogens is 401 g/mol. The molecule has 23 heavy (non-hydrogen) atoms. The number of rotatable bonds is 5. The Labute approximate surface area is 154 Å². The third-order valence-corrected chi connectivity index (χ3v) is 4.25. The molecule has 0 saturated heterocycles. The molecule has 2 aromatic rings. The van der Waals surface area contributed by atoms with Crippen molar-refractivity contribution in [1.29, 1.82) is 0 Å². The van der Waals surface area contributed by atoms with E-state index in [1.807, 2.05) is 18.2 Å². The van der Waals surface area contributed by atoms with Crippen LogP contribution in [-0.4, -0.2) is 28.5 Å². The smallest absolute Gasteiger partial charge is 0.188 e. The fourth-order valence-corrected chi connectivity index (χ4v) is 3.07. The maximum atomic E-state index is 5.96. The van der Waals surface area contributed by atoms with Gasteiger partial charge in [-0.2, -0.15) is 0 Å². The summed E-state index contributed by atoms with van der Waals surface area (Å²) in [4.78, 5) is 12.3. The lowest BCUT2D eigenvalue weighted by Gasteiger charge is -2.23. The Kier molecular flexibility index (Phi) is 7.14. The molecule has 4 N–H and O–H groups in total. The van der Waals surface area contributed by atoms with Gasteiger partial charge in [0.05, 0.1) is 11.0 Å². The average molecular weight is 427 g/mol. The van der Waals surface area contributed by atoms with Gasteiger partial charge in [0.25, 0.3) is 0 Å². The van der Waals surface area contributed by atoms with Gasteiger partial charge in [-0.25, -0.2) is 4.98 Å². The second-order valence-corrected chi connectivity index (χ2v) is 6.05. The van der Waals surface area contributed by atoms with E-state index < -0.39 is 0 Å². The number of aliphatic imine (C=N–C) groups is 1. The first-order chi connectivity index (χ1) is 10.8. The van der Waals surface area contributed by atoms with Crippen LogP contribution in [-0.2, 0) is 6.42 Å². The van der Waals surface area contributed by atoms with Gasteiger partial charge in [0, 0.05) is 19.0 Å². The van der Waals surface area contributed by atoms with Crippen molar-refractivity contribution in [3.05, 3.63) is 30.1 Å². The first-order valence-corrected chi connectivity index (χ1v) is 8.31. The molecule has 1 heterocycles. The maximum absolute atomic E-state index is 5.96. The molecule has 0 atom stereocenters. The first-order valence-electron chi connectivity index (χ1n) is 8.31. The number of fused-ring (bicyclic) bond motifs is 1. The summed E-state index contributed by atoms with van der Waals surface area (Å²) in [5.74, 6) is 1.62. The van der Waals surface area contributed by atoms with Crippen LogP contribution in [0.1, 0.15) is 44.3 Å². The van der Waals surface area contributed by atoms with Crippen molar-refractivity contribution in [3.63, 3.8) is 0 Å². The summed E-state index contributed by atoms with van der Waals surface area (Å²) < 4.78 is 0. The van der Waals surface area contributed by atoms with E-state index >= 15 is 0 Å². The highest BCUT2D eigenvalue weighted by Gasteiger charge is 2.13. The van der Waals surface area contributed by atoms with Crippen molar-refractivity contribution < 1.29 is 0 Å². The minimum atomic E-state index is 0. The number of hydrogen-bond donors (Lipinski definition) is 3. The highest BCUT2D eigenvalue weighted by atomic mass is 127. The maximum Gasteiger partial charge on any atom is 0.188 e. The quantitative estimate of drug-likeness (QED) is 0.296. The molecule has 3 rings (SSSR count). The van der Waals surface area contributed by atoms with Crippen molar-refractivity contribution in [2.45, 2.75) is 51.0 Å². The topological polar surface area (TPSA) is 79.1 Å². The van der Waals surface area contributed by atoms with E-state index in [9.17, 15) is 0 Å². The van der Waals surface area contributed by atoms with Crippen molar-refractivity contribution in [2.75, 3.05) is 6.54 Å². The molecule has 0 amide bonds. The van der Waals surface area contributed by atoms with Crippen LogP contribution in [0.2, 0.25) is 0 Å². The minimum Gasteiger partial charge on any atom is -0.370 e. The molecule has 126 valence electrons. The van der Waals surface area contributed by atoms with Crippen LogP contribution in [0.25, 0.3) is 11.0 Å². The first kappa shape index (κ1) is 18.0. The molecule has 1 aliphatic rings. The van der Waals surface area contributed by atoms with Crippen LogP contribution in [0.5, 0.6) is 0 Å². The number of hydrogen-bond acceptors (Lipinski definition) is 2. The number of aromatic nitrogens is 2. The fraction of sp³-hybridized carbons (Fsp3) is 0.529. The number of guanidine groups is 1. The molecule has 1 aliphatic carbocycles. The van der Waals surface area contributed by atoms with Gasteiger partial charge in [-0.15, -0.1) is 24.0 Å². The van der Waals surface area contributed by atoms with Crippen LogP contribution in [0, 0.1) is 0 Å². The Morgan fingerprint density at radius 1 is 1.26 bits per heavy atom. The molecule has 1 aromatic carbocycles. The summed E-state index contributed by atoms with van der Waals surface area (Å²) in [6.45, 7) is 0.739. The molecule has 0 aliphatic heterocycles. The number of halogens is 1. The molecule has 1 fully saturated rings. The predicted octanol–water partition coefficient (Wildman–Crippen LogP) is 3.35. The summed E-state index contributed by atoms with van der Waals surface area (Å²) in [5.41, 5.74) is 8.08. The number of H-pyrrole nitrogens is 1. The summed E-state index contributed by atoms with van der Waals surface area (Å²) in [6, 6.07) is 8.63. The molecule has 0 unspecified atom stereocenters. The van der Waals surface area contributed by atoms with Gasteiger partial charge in [-0.1, -0.05) is 31.4 Å². The van der Waals surface area contributed by atoms with Gasteiger partial charge >= 0.3 is 0 Å². The lowest BCUT2D eigenvalue weighted by molar-refractivity contribution is 0.412. The largest absolute Gasteiger partial charge is 0.370 e. The lowest BCUT2D eigenvalue weighted by atomic mass is 9.96. The van der Waals surface area contributed by atoms with Crippen molar-refractivity contribution in [2.24, 2.45) is 10.7 Å². The van der Waals surface area contributed by atoms with Gasteiger partial charge in [0.15, 0.2) is 5.96 Å². The van der Waals surface area contributed by atoms with E-state index in [2.05, 4.69) is 26.3 Å². The van der Waals surface area contributed by atoms with Crippen LogP contribution >= 0.6 is 24.0 Å². The number of imidazole rings is 1. The van der Waals surface area contributed by atoms with Gasteiger partial charge in [0.2, 0.25) is 0 Å². The second kappa shape index (κ2) is 9.10. The number of benzene rings is 1. The monoisotopic (exact) mass is 427 g/mol. The molecule has 0 spiro atoms. The second-order valence-electron chi connectivity index (χ2n) is 6.05. The molecule has 1 aromatic heterocycles. The number of aromatic amines is 1. The molecule has 0 radical (unpaired) electrons.